The Bertz CT molecular complexity index is 743. The van der Waals surface area contributed by atoms with Crippen molar-refractivity contribution in [2.45, 2.75) is 38.6 Å². The van der Waals surface area contributed by atoms with E-state index in [1.165, 1.54) is 32.1 Å². The second kappa shape index (κ2) is 9.14. The summed E-state index contributed by atoms with van der Waals surface area (Å²) < 4.78 is 6.43. The first kappa shape index (κ1) is 18.9. The lowest BCUT2D eigenvalue weighted by atomic mass is 9.89. The molecule has 1 saturated carbocycles. The van der Waals surface area contributed by atoms with Crippen LogP contribution >= 0.6 is 15.9 Å². The second-order valence-corrected chi connectivity index (χ2v) is 7.61. The van der Waals surface area contributed by atoms with Crippen LogP contribution in [0.4, 0.5) is 0 Å². The van der Waals surface area contributed by atoms with Gasteiger partial charge in [0.25, 0.3) is 0 Å². The van der Waals surface area contributed by atoms with Gasteiger partial charge in [0.15, 0.2) is 0 Å². The van der Waals surface area contributed by atoms with Gasteiger partial charge in [0, 0.05) is 24.4 Å². The molecule has 1 heterocycles. The van der Waals surface area contributed by atoms with Gasteiger partial charge >= 0.3 is 0 Å². The number of benzene rings is 1. The Morgan fingerprint density at radius 3 is 2.69 bits per heavy atom. The lowest BCUT2D eigenvalue weighted by molar-refractivity contribution is 0.1000. The molecule has 5 nitrogen and oxygen atoms in total. The quantitative estimate of drug-likeness (QED) is 0.699. The van der Waals surface area contributed by atoms with Gasteiger partial charge in [-0.05, 0) is 65.0 Å². The third-order valence-corrected chi connectivity index (χ3v) is 5.34. The van der Waals surface area contributed by atoms with Gasteiger partial charge in [0.1, 0.15) is 5.75 Å². The van der Waals surface area contributed by atoms with Crippen LogP contribution in [0, 0.1) is 5.92 Å². The lowest BCUT2D eigenvalue weighted by Gasteiger charge is -2.21. The molecule has 0 aliphatic heterocycles. The van der Waals surface area contributed by atoms with Crippen LogP contribution in [0.3, 0.4) is 0 Å². The van der Waals surface area contributed by atoms with Crippen molar-refractivity contribution in [3.63, 3.8) is 0 Å². The van der Waals surface area contributed by atoms with Gasteiger partial charge in [0.05, 0.1) is 4.47 Å². The molecule has 0 spiro atoms. The normalized spacial score (nSPS) is 15.0. The molecule has 0 unspecified atom stereocenters. The Labute approximate surface area is 162 Å². The van der Waals surface area contributed by atoms with Gasteiger partial charge in [-0.1, -0.05) is 25.3 Å². The summed E-state index contributed by atoms with van der Waals surface area (Å²) >= 11 is 3.39. The molecule has 1 aliphatic rings. The molecule has 0 bridgehead atoms. The smallest absolute Gasteiger partial charge is 0.248 e. The van der Waals surface area contributed by atoms with Gasteiger partial charge in [0.2, 0.25) is 11.8 Å². The van der Waals surface area contributed by atoms with Crippen LogP contribution in [0.25, 0.3) is 0 Å². The van der Waals surface area contributed by atoms with E-state index >= 15 is 0 Å². The first-order valence-electron chi connectivity index (χ1n) is 9.04. The molecular formula is C20H24BrN3O2. The number of nitrogens with one attached hydrogen (secondary N) is 1. The van der Waals surface area contributed by atoms with Crippen molar-refractivity contribution in [2.75, 3.05) is 6.54 Å². The highest BCUT2D eigenvalue weighted by atomic mass is 79.9. The Morgan fingerprint density at radius 1 is 1.23 bits per heavy atom. The molecule has 2 aromatic rings. The Balaban J connectivity index is 1.52. The van der Waals surface area contributed by atoms with E-state index in [9.17, 15) is 4.79 Å². The summed E-state index contributed by atoms with van der Waals surface area (Å²) in [4.78, 5) is 15.6. The van der Waals surface area contributed by atoms with Crippen molar-refractivity contribution in [3.8, 4) is 11.6 Å². The largest absolute Gasteiger partial charge is 0.438 e. The van der Waals surface area contributed by atoms with Crippen LogP contribution < -0.4 is 15.8 Å². The van der Waals surface area contributed by atoms with Gasteiger partial charge in [-0.2, -0.15) is 0 Å². The summed E-state index contributed by atoms with van der Waals surface area (Å²) in [6.07, 6.45) is 8.66. The number of aromatic nitrogens is 1. The summed E-state index contributed by atoms with van der Waals surface area (Å²) in [5, 5.41) is 3.53. The lowest BCUT2D eigenvalue weighted by Crippen LogP contribution is -2.24. The fourth-order valence-electron chi connectivity index (χ4n) is 3.24. The van der Waals surface area contributed by atoms with Crippen LogP contribution in [0.15, 0.2) is 41.0 Å². The summed E-state index contributed by atoms with van der Waals surface area (Å²) in [5.41, 5.74) is 6.83. The van der Waals surface area contributed by atoms with Crippen LogP contribution in [0.5, 0.6) is 11.6 Å². The van der Waals surface area contributed by atoms with E-state index in [0.29, 0.717) is 21.7 Å². The molecule has 1 aromatic heterocycles. The summed E-state index contributed by atoms with van der Waals surface area (Å²) in [6.45, 7) is 1.90. The van der Waals surface area contributed by atoms with E-state index in [1.807, 2.05) is 18.3 Å². The maximum Gasteiger partial charge on any atom is 0.248 e. The van der Waals surface area contributed by atoms with E-state index in [-0.39, 0.29) is 0 Å². The number of carbonyl (C=O) groups is 1. The molecule has 1 amide bonds. The average molecular weight is 418 g/mol. The Hall–Kier alpha value is -1.92. The molecular weight excluding hydrogens is 394 g/mol. The fraction of sp³-hybridized carbons (Fsp3) is 0.400. The highest BCUT2D eigenvalue weighted by molar-refractivity contribution is 9.10. The number of pyridine rings is 1. The standard InChI is InChI=1S/C20H24BrN3O2/c21-17-10-16(20(22)25)7-8-18(17)26-19-9-6-15(13-24-19)12-23-11-14-4-2-1-3-5-14/h6-10,13-14,23H,1-5,11-12H2,(H2,22,25). The summed E-state index contributed by atoms with van der Waals surface area (Å²) in [5.74, 6) is 1.44. The molecule has 3 N–H and O–H groups in total. The van der Waals surface area contributed by atoms with Crippen LogP contribution in [0.1, 0.15) is 48.0 Å². The molecule has 138 valence electrons. The minimum absolute atomic E-state index is 0.427. The molecule has 0 atom stereocenters. The van der Waals surface area contributed by atoms with Crippen molar-refractivity contribution >= 4 is 21.8 Å². The Kier molecular flexibility index (Phi) is 6.63. The monoisotopic (exact) mass is 417 g/mol. The molecule has 0 radical (unpaired) electrons. The van der Waals surface area contributed by atoms with Gasteiger partial charge in [-0.25, -0.2) is 4.98 Å². The number of amides is 1. The number of primary amides is 1. The van der Waals surface area contributed by atoms with Crippen LogP contribution in [-0.4, -0.2) is 17.4 Å². The van der Waals surface area contributed by atoms with Crippen molar-refractivity contribution < 1.29 is 9.53 Å². The van der Waals surface area contributed by atoms with Crippen molar-refractivity contribution in [1.29, 1.82) is 0 Å². The van der Waals surface area contributed by atoms with Crippen molar-refractivity contribution in [3.05, 3.63) is 52.1 Å². The minimum atomic E-state index is -0.472. The minimum Gasteiger partial charge on any atom is -0.438 e. The third-order valence-electron chi connectivity index (χ3n) is 4.72. The molecule has 1 aliphatic carbocycles. The number of nitrogens with two attached hydrogens (primary N) is 1. The number of halogens is 1. The molecule has 0 saturated heterocycles. The zero-order valence-corrected chi connectivity index (χ0v) is 16.3. The van der Waals surface area contributed by atoms with Gasteiger partial charge < -0.3 is 15.8 Å². The van der Waals surface area contributed by atoms with E-state index < -0.39 is 5.91 Å². The third kappa shape index (κ3) is 5.29. The Morgan fingerprint density at radius 2 is 2.04 bits per heavy atom. The zero-order chi connectivity index (χ0) is 18.4. The highest BCUT2D eigenvalue weighted by Gasteiger charge is 2.12. The SMILES string of the molecule is NC(=O)c1ccc(Oc2ccc(CNCC3CCCCC3)cn2)c(Br)c1. The van der Waals surface area contributed by atoms with Crippen molar-refractivity contribution in [2.24, 2.45) is 11.7 Å². The van der Waals surface area contributed by atoms with Crippen molar-refractivity contribution in [1.82, 2.24) is 10.3 Å². The molecule has 6 heteroatoms. The number of carbonyl (C=O) groups excluding carboxylic acids is 1. The molecule has 26 heavy (non-hydrogen) atoms. The predicted octanol–water partition coefficient (Wildman–Crippen LogP) is 4.41. The predicted molar refractivity (Wildman–Crippen MR) is 105 cm³/mol. The molecule has 1 aromatic carbocycles. The number of nitrogens with zero attached hydrogens (tertiary/aromatic N) is 1. The summed E-state index contributed by atoms with van der Waals surface area (Å²) in [7, 11) is 0. The number of ether oxygens (including phenoxy) is 1. The maximum atomic E-state index is 11.2. The maximum absolute atomic E-state index is 11.2. The number of hydrogen-bond donors (Lipinski definition) is 2. The van der Waals surface area contributed by atoms with E-state index in [1.54, 1.807) is 18.2 Å². The van der Waals surface area contributed by atoms with E-state index in [0.717, 1.165) is 24.6 Å². The fourth-order valence-corrected chi connectivity index (χ4v) is 3.70. The highest BCUT2D eigenvalue weighted by Crippen LogP contribution is 2.29. The van der Waals surface area contributed by atoms with Gasteiger partial charge in [-0.15, -0.1) is 0 Å². The second-order valence-electron chi connectivity index (χ2n) is 6.75. The number of rotatable bonds is 7. The average Bonchev–Trinajstić information content (AvgIpc) is 2.65. The topological polar surface area (TPSA) is 77.2 Å². The molecule has 1 fully saturated rings. The van der Waals surface area contributed by atoms with Crippen LogP contribution in [-0.2, 0) is 6.54 Å². The zero-order valence-electron chi connectivity index (χ0n) is 14.7. The number of hydrogen-bond acceptors (Lipinski definition) is 4. The molecule has 3 rings (SSSR count). The van der Waals surface area contributed by atoms with Crippen LogP contribution in [0.2, 0.25) is 0 Å². The van der Waals surface area contributed by atoms with Gasteiger partial charge in [-0.3, -0.25) is 4.79 Å². The first-order valence-corrected chi connectivity index (χ1v) is 9.84. The van der Waals surface area contributed by atoms with E-state index in [4.69, 9.17) is 10.5 Å². The first-order chi connectivity index (χ1) is 12.6. The van der Waals surface area contributed by atoms with E-state index in [2.05, 4.69) is 26.2 Å². The summed E-state index contributed by atoms with van der Waals surface area (Å²) in [6, 6.07) is 8.84.